The van der Waals surface area contributed by atoms with E-state index in [-0.39, 0.29) is 11.8 Å². The van der Waals surface area contributed by atoms with Gasteiger partial charge in [0.25, 0.3) is 0 Å². The van der Waals surface area contributed by atoms with Crippen molar-refractivity contribution < 1.29 is 14.6 Å². The SMILES string of the molecule is CCOC(=O)c1c(/N=C/c2c(O)n(C)c3ccccc23)sc2c1CCCC2. The van der Waals surface area contributed by atoms with Crippen molar-refractivity contribution >= 4 is 39.4 Å². The summed E-state index contributed by atoms with van der Waals surface area (Å²) in [7, 11) is 1.82. The average Bonchev–Trinajstić information content (AvgIpc) is 3.16. The molecule has 0 spiro atoms. The number of aromatic hydroxyl groups is 1. The van der Waals surface area contributed by atoms with Gasteiger partial charge >= 0.3 is 5.97 Å². The lowest BCUT2D eigenvalue weighted by atomic mass is 9.95. The Kier molecular flexibility index (Phi) is 4.74. The maximum atomic E-state index is 12.6. The number of para-hydroxylation sites is 1. The van der Waals surface area contributed by atoms with Gasteiger partial charge in [0, 0.05) is 23.5 Å². The molecule has 0 saturated heterocycles. The van der Waals surface area contributed by atoms with Crippen molar-refractivity contribution in [3.63, 3.8) is 0 Å². The van der Waals surface area contributed by atoms with Crippen molar-refractivity contribution in [2.24, 2.45) is 12.0 Å². The standard InChI is InChI=1S/C21H22N2O3S/c1-3-26-21(25)18-14-9-5-7-11-17(14)27-19(18)22-12-15-13-8-4-6-10-16(13)23(2)20(15)24/h4,6,8,10,12,24H,3,5,7,9,11H2,1-2H3/b22-12+. The van der Waals surface area contributed by atoms with Crippen LogP contribution >= 0.6 is 11.3 Å². The summed E-state index contributed by atoms with van der Waals surface area (Å²) in [5.74, 6) is -0.134. The van der Waals surface area contributed by atoms with Crippen molar-refractivity contribution in [1.82, 2.24) is 4.57 Å². The number of benzene rings is 1. The maximum absolute atomic E-state index is 12.6. The third-order valence-corrected chi connectivity index (χ3v) is 6.26. The van der Waals surface area contributed by atoms with Gasteiger partial charge in [-0.2, -0.15) is 0 Å². The number of carbonyl (C=O) groups is 1. The second-order valence-corrected chi connectivity index (χ2v) is 7.77. The average molecular weight is 382 g/mol. The van der Waals surface area contributed by atoms with Gasteiger partial charge in [-0.25, -0.2) is 9.79 Å². The Hall–Kier alpha value is -2.60. The third kappa shape index (κ3) is 3.04. The van der Waals surface area contributed by atoms with Crippen molar-refractivity contribution in [2.75, 3.05) is 6.61 Å². The number of carbonyl (C=O) groups excluding carboxylic acids is 1. The van der Waals surface area contributed by atoms with Gasteiger partial charge in [0.2, 0.25) is 5.88 Å². The number of nitrogens with zero attached hydrogens (tertiary/aromatic N) is 2. The lowest BCUT2D eigenvalue weighted by Gasteiger charge is -2.11. The Labute approximate surface area is 161 Å². The second kappa shape index (κ2) is 7.19. The van der Waals surface area contributed by atoms with Crippen molar-refractivity contribution in [3.05, 3.63) is 45.8 Å². The molecule has 1 aromatic carbocycles. The summed E-state index contributed by atoms with van der Waals surface area (Å²) < 4.78 is 7.02. The number of thiophene rings is 1. The molecule has 1 aliphatic rings. The zero-order valence-electron chi connectivity index (χ0n) is 15.5. The zero-order chi connectivity index (χ0) is 19.0. The molecule has 3 aromatic rings. The summed E-state index contributed by atoms with van der Waals surface area (Å²) in [5, 5.41) is 12.1. The van der Waals surface area contributed by atoms with E-state index in [1.54, 1.807) is 22.1 Å². The highest BCUT2D eigenvalue weighted by Crippen LogP contribution is 2.40. The number of aromatic nitrogens is 1. The van der Waals surface area contributed by atoms with Gasteiger partial charge in [-0.05, 0) is 44.2 Å². The fraction of sp³-hybridized carbons (Fsp3) is 0.333. The first-order chi connectivity index (χ1) is 13.1. The Balaban J connectivity index is 1.80. The van der Waals surface area contributed by atoms with Gasteiger partial charge < -0.3 is 14.4 Å². The molecule has 0 fully saturated rings. The molecular weight excluding hydrogens is 360 g/mol. The van der Waals surface area contributed by atoms with E-state index in [0.717, 1.165) is 42.1 Å². The largest absolute Gasteiger partial charge is 0.494 e. The predicted molar refractivity (Wildman–Crippen MR) is 109 cm³/mol. The molecule has 27 heavy (non-hydrogen) atoms. The number of hydrogen-bond donors (Lipinski definition) is 1. The topological polar surface area (TPSA) is 63.8 Å². The van der Waals surface area contributed by atoms with Gasteiger partial charge in [-0.1, -0.05) is 18.2 Å². The first kappa shape index (κ1) is 17.8. The molecule has 1 aliphatic carbocycles. The summed E-state index contributed by atoms with van der Waals surface area (Å²) in [5.41, 5.74) is 3.30. The summed E-state index contributed by atoms with van der Waals surface area (Å²) in [4.78, 5) is 18.4. The monoisotopic (exact) mass is 382 g/mol. The summed E-state index contributed by atoms with van der Waals surface area (Å²) >= 11 is 1.57. The van der Waals surface area contributed by atoms with Gasteiger partial charge in [0.1, 0.15) is 5.00 Å². The van der Waals surface area contributed by atoms with Crippen LogP contribution in [0.2, 0.25) is 0 Å². The van der Waals surface area contributed by atoms with E-state index < -0.39 is 0 Å². The molecule has 2 heterocycles. The van der Waals surface area contributed by atoms with Gasteiger partial charge in [0.15, 0.2) is 0 Å². The molecule has 1 N–H and O–H groups in total. The highest BCUT2D eigenvalue weighted by Gasteiger charge is 2.26. The molecule has 0 atom stereocenters. The quantitative estimate of drug-likeness (QED) is 0.523. The van der Waals surface area contributed by atoms with Crippen LogP contribution in [0.15, 0.2) is 29.3 Å². The highest BCUT2D eigenvalue weighted by atomic mass is 32.1. The molecule has 0 radical (unpaired) electrons. The van der Waals surface area contributed by atoms with Crippen molar-refractivity contribution in [2.45, 2.75) is 32.6 Å². The van der Waals surface area contributed by atoms with E-state index in [9.17, 15) is 9.90 Å². The lowest BCUT2D eigenvalue weighted by Crippen LogP contribution is -2.09. The number of aliphatic imine (C=N–C) groups is 1. The molecule has 4 rings (SSSR count). The van der Waals surface area contributed by atoms with Crippen molar-refractivity contribution in [1.29, 1.82) is 0 Å². The fourth-order valence-electron chi connectivity index (χ4n) is 3.72. The van der Waals surface area contributed by atoms with Crippen LogP contribution in [0.25, 0.3) is 10.9 Å². The first-order valence-corrected chi connectivity index (χ1v) is 10.1. The van der Waals surface area contributed by atoms with Crippen LogP contribution < -0.4 is 0 Å². The predicted octanol–water partition coefficient (Wildman–Crippen LogP) is 4.75. The molecule has 6 heteroatoms. The molecule has 2 aromatic heterocycles. The number of ether oxygens (including phenoxy) is 1. The van der Waals surface area contributed by atoms with Gasteiger partial charge in [-0.3, -0.25) is 0 Å². The Morgan fingerprint density at radius 3 is 2.93 bits per heavy atom. The summed E-state index contributed by atoms with van der Waals surface area (Å²) in [6.45, 7) is 2.16. The van der Waals surface area contributed by atoms with E-state index in [2.05, 4.69) is 4.99 Å². The number of esters is 1. The van der Waals surface area contributed by atoms with Crippen LogP contribution in [0.3, 0.4) is 0 Å². The minimum Gasteiger partial charge on any atom is -0.494 e. The molecule has 0 amide bonds. The molecule has 0 unspecified atom stereocenters. The number of hydrogen-bond acceptors (Lipinski definition) is 5. The maximum Gasteiger partial charge on any atom is 0.341 e. The Morgan fingerprint density at radius 2 is 2.11 bits per heavy atom. The summed E-state index contributed by atoms with van der Waals surface area (Å²) in [6, 6.07) is 7.80. The van der Waals surface area contributed by atoms with E-state index in [0.29, 0.717) is 22.7 Å². The minimum absolute atomic E-state index is 0.166. The smallest absolute Gasteiger partial charge is 0.341 e. The number of fused-ring (bicyclic) bond motifs is 2. The number of rotatable bonds is 4. The van der Waals surface area contributed by atoms with E-state index in [1.165, 1.54) is 4.88 Å². The first-order valence-electron chi connectivity index (χ1n) is 9.24. The normalized spacial score (nSPS) is 14.0. The number of aryl methyl sites for hydroxylation is 2. The molecular formula is C21H22N2O3S. The highest BCUT2D eigenvalue weighted by molar-refractivity contribution is 7.16. The van der Waals surface area contributed by atoms with E-state index in [1.807, 2.05) is 38.2 Å². The molecule has 140 valence electrons. The van der Waals surface area contributed by atoms with Crippen LogP contribution in [0.1, 0.15) is 46.1 Å². The summed E-state index contributed by atoms with van der Waals surface area (Å²) in [6.07, 6.45) is 5.78. The Morgan fingerprint density at radius 1 is 1.33 bits per heavy atom. The van der Waals surface area contributed by atoms with Crippen molar-refractivity contribution in [3.8, 4) is 5.88 Å². The van der Waals surface area contributed by atoms with Gasteiger partial charge in [-0.15, -0.1) is 11.3 Å². The third-order valence-electron chi connectivity index (χ3n) is 5.06. The minimum atomic E-state index is -0.300. The molecule has 0 bridgehead atoms. The fourth-order valence-corrected chi connectivity index (χ4v) is 4.94. The van der Waals surface area contributed by atoms with Crippen LogP contribution in [-0.2, 0) is 24.6 Å². The van der Waals surface area contributed by atoms with E-state index >= 15 is 0 Å². The lowest BCUT2D eigenvalue weighted by molar-refractivity contribution is 0.0526. The Bertz CT molecular complexity index is 1050. The van der Waals surface area contributed by atoms with Crippen LogP contribution in [0, 0.1) is 0 Å². The van der Waals surface area contributed by atoms with Gasteiger partial charge in [0.05, 0.1) is 23.3 Å². The molecule has 0 saturated carbocycles. The molecule has 0 aliphatic heterocycles. The van der Waals surface area contributed by atoms with Crippen LogP contribution in [-0.4, -0.2) is 28.5 Å². The van der Waals surface area contributed by atoms with Crippen LogP contribution in [0.5, 0.6) is 5.88 Å². The van der Waals surface area contributed by atoms with Crippen LogP contribution in [0.4, 0.5) is 5.00 Å². The second-order valence-electron chi connectivity index (χ2n) is 6.68. The van der Waals surface area contributed by atoms with E-state index in [4.69, 9.17) is 4.74 Å². The molecule has 5 nitrogen and oxygen atoms in total. The zero-order valence-corrected chi connectivity index (χ0v) is 16.3.